The first-order valence-electron chi connectivity index (χ1n) is 5.86. The number of ether oxygens (including phenoxy) is 1. The van der Waals surface area contributed by atoms with Gasteiger partial charge in [-0.2, -0.15) is 0 Å². The summed E-state index contributed by atoms with van der Waals surface area (Å²) >= 11 is 0. The van der Waals surface area contributed by atoms with E-state index >= 15 is 0 Å². The average Bonchev–Trinajstić information content (AvgIpc) is 2.11. The number of hydrogen-bond acceptors (Lipinski definition) is 2. The van der Waals surface area contributed by atoms with E-state index in [0.717, 1.165) is 19.6 Å². The third-order valence-corrected chi connectivity index (χ3v) is 3.27. The molecule has 1 fully saturated rings. The minimum atomic E-state index is -0.147. The van der Waals surface area contributed by atoms with Crippen LogP contribution >= 0.6 is 0 Å². The molecular formula is C14H21NO. The van der Waals surface area contributed by atoms with E-state index in [1.54, 1.807) is 0 Å². The highest BCUT2D eigenvalue weighted by molar-refractivity contribution is 5.35. The van der Waals surface area contributed by atoms with E-state index in [9.17, 15) is 0 Å². The van der Waals surface area contributed by atoms with Crippen molar-refractivity contribution in [1.29, 1.82) is 0 Å². The lowest BCUT2D eigenvalue weighted by Crippen LogP contribution is -2.53. The fourth-order valence-corrected chi connectivity index (χ4v) is 2.74. The Bertz CT molecular complexity index is 375. The van der Waals surface area contributed by atoms with Gasteiger partial charge < -0.3 is 10.5 Å². The molecule has 1 aromatic rings. The van der Waals surface area contributed by atoms with Gasteiger partial charge in [0.15, 0.2) is 0 Å². The Hall–Kier alpha value is -0.860. The molecule has 0 radical (unpaired) electrons. The van der Waals surface area contributed by atoms with Crippen LogP contribution in [0.3, 0.4) is 0 Å². The number of hydrogen-bond donors (Lipinski definition) is 1. The molecule has 1 heterocycles. The number of aryl methyl sites for hydroxylation is 1. The van der Waals surface area contributed by atoms with Gasteiger partial charge in [-0.3, -0.25) is 0 Å². The minimum absolute atomic E-state index is 0.142. The SMILES string of the molecule is Cc1ccccc1C1(CC(C)(C)N)COC1. The maximum atomic E-state index is 6.16. The molecule has 0 bridgehead atoms. The molecule has 0 saturated carbocycles. The predicted molar refractivity (Wildman–Crippen MR) is 66.6 cm³/mol. The summed E-state index contributed by atoms with van der Waals surface area (Å²) in [5.74, 6) is 0. The van der Waals surface area contributed by atoms with Crippen molar-refractivity contribution in [3.8, 4) is 0 Å². The van der Waals surface area contributed by atoms with Gasteiger partial charge in [-0.1, -0.05) is 24.3 Å². The second-order valence-electron chi connectivity index (χ2n) is 5.75. The van der Waals surface area contributed by atoms with Crippen LogP contribution < -0.4 is 5.73 Å². The van der Waals surface area contributed by atoms with Gasteiger partial charge in [0.05, 0.1) is 13.2 Å². The van der Waals surface area contributed by atoms with Crippen molar-refractivity contribution in [1.82, 2.24) is 0 Å². The van der Waals surface area contributed by atoms with Crippen LogP contribution in [0, 0.1) is 6.92 Å². The Morgan fingerprint density at radius 2 is 1.94 bits per heavy atom. The number of benzene rings is 1. The van der Waals surface area contributed by atoms with Gasteiger partial charge in [0.25, 0.3) is 0 Å². The van der Waals surface area contributed by atoms with Gasteiger partial charge in [0.2, 0.25) is 0 Å². The number of nitrogens with two attached hydrogens (primary N) is 1. The molecule has 0 amide bonds. The van der Waals surface area contributed by atoms with Gasteiger partial charge in [0, 0.05) is 11.0 Å². The summed E-state index contributed by atoms with van der Waals surface area (Å²) in [6.45, 7) is 7.95. The molecule has 2 heteroatoms. The zero-order valence-corrected chi connectivity index (χ0v) is 10.4. The highest BCUT2D eigenvalue weighted by Gasteiger charge is 2.43. The maximum absolute atomic E-state index is 6.16. The third-order valence-electron chi connectivity index (χ3n) is 3.27. The predicted octanol–water partition coefficient (Wildman–Crippen LogP) is 2.39. The van der Waals surface area contributed by atoms with Crippen LogP contribution in [0.5, 0.6) is 0 Å². The van der Waals surface area contributed by atoms with E-state index in [1.165, 1.54) is 11.1 Å². The zero-order valence-electron chi connectivity index (χ0n) is 10.4. The molecule has 16 heavy (non-hydrogen) atoms. The lowest BCUT2D eigenvalue weighted by atomic mass is 9.69. The van der Waals surface area contributed by atoms with Crippen LogP contribution in [0.2, 0.25) is 0 Å². The standard InChI is InChI=1S/C14H21NO/c1-11-6-4-5-7-12(11)14(9-16-10-14)8-13(2,3)15/h4-7H,8-10,15H2,1-3H3. The van der Waals surface area contributed by atoms with E-state index in [0.29, 0.717) is 0 Å². The van der Waals surface area contributed by atoms with Gasteiger partial charge >= 0.3 is 0 Å². The van der Waals surface area contributed by atoms with Gasteiger partial charge in [0.1, 0.15) is 0 Å². The second-order valence-corrected chi connectivity index (χ2v) is 5.75. The molecule has 0 aliphatic carbocycles. The summed E-state index contributed by atoms with van der Waals surface area (Å²) in [5, 5.41) is 0. The summed E-state index contributed by atoms with van der Waals surface area (Å²) in [5.41, 5.74) is 8.90. The highest BCUT2D eigenvalue weighted by atomic mass is 16.5. The fourth-order valence-electron chi connectivity index (χ4n) is 2.74. The summed E-state index contributed by atoms with van der Waals surface area (Å²) in [4.78, 5) is 0. The monoisotopic (exact) mass is 219 g/mol. The smallest absolute Gasteiger partial charge is 0.0586 e. The fraction of sp³-hybridized carbons (Fsp3) is 0.571. The van der Waals surface area contributed by atoms with Gasteiger partial charge in [-0.15, -0.1) is 0 Å². The zero-order chi connectivity index (χ0) is 11.8. The van der Waals surface area contributed by atoms with Crippen LogP contribution in [0.4, 0.5) is 0 Å². The van der Waals surface area contributed by atoms with Crippen molar-refractivity contribution < 1.29 is 4.74 Å². The second kappa shape index (κ2) is 3.86. The van der Waals surface area contributed by atoms with Crippen molar-refractivity contribution in [2.45, 2.75) is 38.1 Å². The Morgan fingerprint density at radius 3 is 2.38 bits per heavy atom. The topological polar surface area (TPSA) is 35.2 Å². The van der Waals surface area contributed by atoms with E-state index in [4.69, 9.17) is 10.5 Å². The molecule has 0 atom stereocenters. The molecule has 1 aromatic carbocycles. The first kappa shape index (κ1) is 11.6. The Labute approximate surface area is 97.8 Å². The lowest BCUT2D eigenvalue weighted by Gasteiger charge is -2.46. The quantitative estimate of drug-likeness (QED) is 0.847. The molecule has 1 aliphatic rings. The molecule has 1 saturated heterocycles. The summed E-state index contributed by atoms with van der Waals surface area (Å²) in [6.07, 6.45) is 0.977. The summed E-state index contributed by atoms with van der Waals surface area (Å²) < 4.78 is 5.44. The Morgan fingerprint density at radius 1 is 1.31 bits per heavy atom. The Balaban J connectivity index is 2.32. The first-order valence-corrected chi connectivity index (χ1v) is 5.86. The molecule has 2 N–H and O–H groups in total. The van der Waals surface area contributed by atoms with E-state index < -0.39 is 0 Å². The average molecular weight is 219 g/mol. The molecule has 2 rings (SSSR count). The molecule has 0 aromatic heterocycles. The molecule has 88 valence electrons. The molecule has 2 nitrogen and oxygen atoms in total. The minimum Gasteiger partial charge on any atom is -0.379 e. The van der Waals surface area contributed by atoms with Gasteiger partial charge in [-0.05, 0) is 38.3 Å². The summed E-state index contributed by atoms with van der Waals surface area (Å²) in [7, 11) is 0. The van der Waals surface area contributed by atoms with E-state index in [2.05, 4.69) is 45.0 Å². The van der Waals surface area contributed by atoms with Gasteiger partial charge in [-0.25, -0.2) is 0 Å². The molecule has 0 unspecified atom stereocenters. The van der Waals surface area contributed by atoms with Crippen LogP contribution in [-0.2, 0) is 10.2 Å². The third kappa shape index (κ3) is 2.13. The lowest BCUT2D eigenvalue weighted by molar-refractivity contribution is -0.0721. The maximum Gasteiger partial charge on any atom is 0.0586 e. The molecular weight excluding hydrogens is 198 g/mol. The number of rotatable bonds is 3. The summed E-state index contributed by atoms with van der Waals surface area (Å²) in [6, 6.07) is 8.56. The normalized spacial score (nSPS) is 19.2. The van der Waals surface area contributed by atoms with Crippen molar-refractivity contribution in [3.63, 3.8) is 0 Å². The first-order chi connectivity index (χ1) is 7.43. The van der Waals surface area contributed by atoms with Crippen LogP contribution in [-0.4, -0.2) is 18.8 Å². The van der Waals surface area contributed by atoms with Crippen LogP contribution in [0.1, 0.15) is 31.4 Å². The van der Waals surface area contributed by atoms with Crippen molar-refractivity contribution in [2.75, 3.05) is 13.2 Å². The largest absolute Gasteiger partial charge is 0.379 e. The highest BCUT2D eigenvalue weighted by Crippen LogP contribution is 2.40. The van der Waals surface area contributed by atoms with Crippen LogP contribution in [0.15, 0.2) is 24.3 Å². The van der Waals surface area contributed by atoms with Crippen molar-refractivity contribution in [2.24, 2.45) is 5.73 Å². The van der Waals surface area contributed by atoms with Crippen molar-refractivity contribution in [3.05, 3.63) is 35.4 Å². The van der Waals surface area contributed by atoms with Crippen LogP contribution in [0.25, 0.3) is 0 Å². The molecule has 1 aliphatic heterocycles. The van der Waals surface area contributed by atoms with Crippen molar-refractivity contribution >= 4 is 0 Å². The van der Waals surface area contributed by atoms with E-state index in [1.807, 2.05) is 0 Å². The van der Waals surface area contributed by atoms with E-state index in [-0.39, 0.29) is 11.0 Å². The molecule has 0 spiro atoms. The Kier molecular flexibility index (Phi) is 2.81.